The van der Waals surface area contributed by atoms with Crippen LogP contribution in [0.2, 0.25) is 0 Å². The lowest BCUT2D eigenvalue weighted by atomic mass is 10.1. The van der Waals surface area contributed by atoms with E-state index in [2.05, 4.69) is 41.6 Å². The highest BCUT2D eigenvalue weighted by Crippen LogP contribution is 2.22. The van der Waals surface area contributed by atoms with E-state index in [0.29, 0.717) is 38.9 Å². The van der Waals surface area contributed by atoms with E-state index in [-0.39, 0.29) is 6.09 Å². The Labute approximate surface area is 168 Å². The van der Waals surface area contributed by atoms with E-state index in [1.165, 1.54) is 0 Å². The molecule has 7 heteroatoms. The number of hydrogen-bond donors (Lipinski definition) is 2. The van der Waals surface area contributed by atoms with Crippen LogP contribution in [0, 0.1) is 13.8 Å². The van der Waals surface area contributed by atoms with Crippen LogP contribution in [-0.4, -0.2) is 62.4 Å². The first-order valence-corrected chi connectivity index (χ1v) is 10.2. The summed E-state index contributed by atoms with van der Waals surface area (Å²) in [5.41, 5.74) is 2.28. The minimum Gasteiger partial charge on any atom is -0.491 e. The molecule has 1 fully saturated rings. The Morgan fingerprint density at radius 1 is 1.21 bits per heavy atom. The molecule has 1 aliphatic rings. The van der Waals surface area contributed by atoms with Crippen molar-refractivity contribution in [2.75, 3.05) is 39.4 Å². The molecule has 1 aromatic rings. The number of para-hydroxylation sites is 1. The van der Waals surface area contributed by atoms with Crippen LogP contribution in [0.4, 0.5) is 4.79 Å². The number of piperidine rings is 1. The van der Waals surface area contributed by atoms with Crippen LogP contribution in [0.25, 0.3) is 0 Å². The smallest absolute Gasteiger partial charge is 0.409 e. The first kappa shape index (κ1) is 21.9. The average Bonchev–Trinajstić information content (AvgIpc) is 2.68. The highest BCUT2D eigenvalue weighted by molar-refractivity contribution is 5.80. The number of hydrogen-bond acceptors (Lipinski definition) is 4. The fraction of sp³-hybridized carbons (Fsp3) is 0.619. The first-order chi connectivity index (χ1) is 13.5. The van der Waals surface area contributed by atoms with Crippen molar-refractivity contribution in [2.24, 2.45) is 4.99 Å². The molecule has 2 N–H and O–H groups in total. The van der Waals surface area contributed by atoms with Crippen molar-refractivity contribution in [1.82, 2.24) is 15.5 Å². The van der Waals surface area contributed by atoms with Gasteiger partial charge in [-0.3, -0.25) is 0 Å². The largest absolute Gasteiger partial charge is 0.491 e. The Morgan fingerprint density at radius 2 is 1.89 bits per heavy atom. The quantitative estimate of drug-likeness (QED) is 0.425. The van der Waals surface area contributed by atoms with Gasteiger partial charge in [0, 0.05) is 25.7 Å². The fourth-order valence-electron chi connectivity index (χ4n) is 3.27. The minimum absolute atomic E-state index is 0.217. The normalized spacial score (nSPS) is 15.3. The molecule has 1 aliphatic heterocycles. The molecule has 0 spiro atoms. The van der Waals surface area contributed by atoms with Crippen LogP contribution >= 0.6 is 0 Å². The number of aliphatic imine (C=N–C) groups is 1. The molecule has 1 amide bonds. The maximum absolute atomic E-state index is 11.8. The van der Waals surface area contributed by atoms with Gasteiger partial charge >= 0.3 is 6.09 Å². The SMILES string of the molecule is CCNC(=NCCOc1c(C)cccc1C)NC1CCN(C(=O)OCC)CC1. The lowest BCUT2D eigenvalue weighted by Gasteiger charge is -2.32. The monoisotopic (exact) mass is 390 g/mol. The van der Waals surface area contributed by atoms with E-state index in [0.717, 1.165) is 42.2 Å². The number of ether oxygens (including phenoxy) is 2. The zero-order valence-electron chi connectivity index (χ0n) is 17.6. The van der Waals surface area contributed by atoms with Gasteiger partial charge in [0.15, 0.2) is 5.96 Å². The van der Waals surface area contributed by atoms with Gasteiger partial charge in [-0.15, -0.1) is 0 Å². The lowest BCUT2D eigenvalue weighted by molar-refractivity contribution is 0.0963. The maximum atomic E-state index is 11.8. The van der Waals surface area contributed by atoms with Crippen LogP contribution in [0.15, 0.2) is 23.2 Å². The molecule has 0 aromatic heterocycles. The highest BCUT2D eigenvalue weighted by Gasteiger charge is 2.24. The molecule has 156 valence electrons. The number of benzene rings is 1. The topological polar surface area (TPSA) is 75.2 Å². The molecule has 0 bridgehead atoms. The summed E-state index contributed by atoms with van der Waals surface area (Å²) in [5.74, 6) is 1.74. The van der Waals surface area contributed by atoms with Gasteiger partial charge < -0.3 is 25.0 Å². The zero-order chi connectivity index (χ0) is 20.4. The van der Waals surface area contributed by atoms with Gasteiger partial charge in [0.1, 0.15) is 12.4 Å². The van der Waals surface area contributed by atoms with Gasteiger partial charge in [-0.1, -0.05) is 18.2 Å². The lowest BCUT2D eigenvalue weighted by Crippen LogP contribution is -2.50. The third kappa shape index (κ3) is 6.62. The second-order valence-corrected chi connectivity index (χ2v) is 6.93. The number of nitrogens with one attached hydrogen (secondary N) is 2. The summed E-state index contributed by atoms with van der Waals surface area (Å²) in [5, 5.41) is 6.76. The van der Waals surface area contributed by atoms with Gasteiger partial charge in [-0.2, -0.15) is 0 Å². The molecule has 1 heterocycles. The Bertz CT molecular complexity index is 635. The number of aryl methyl sites for hydroxylation is 2. The van der Waals surface area contributed by atoms with Gasteiger partial charge in [0.05, 0.1) is 13.2 Å². The highest BCUT2D eigenvalue weighted by atomic mass is 16.6. The molecule has 0 unspecified atom stereocenters. The molecule has 1 aromatic carbocycles. The van der Waals surface area contributed by atoms with Crippen molar-refractivity contribution in [3.8, 4) is 5.75 Å². The Kier molecular flexibility index (Phi) is 8.91. The molecule has 1 saturated heterocycles. The Balaban J connectivity index is 1.80. The third-order valence-corrected chi connectivity index (χ3v) is 4.72. The van der Waals surface area contributed by atoms with E-state index in [4.69, 9.17) is 9.47 Å². The first-order valence-electron chi connectivity index (χ1n) is 10.2. The van der Waals surface area contributed by atoms with Crippen LogP contribution in [0.5, 0.6) is 5.75 Å². The molecular weight excluding hydrogens is 356 g/mol. The van der Waals surface area contributed by atoms with Crippen LogP contribution in [-0.2, 0) is 4.74 Å². The van der Waals surface area contributed by atoms with E-state index in [9.17, 15) is 4.79 Å². The number of carbonyl (C=O) groups excluding carboxylic acids is 1. The molecule has 0 saturated carbocycles. The minimum atomic E-state index is -0.217. The predicted molar refractivity (Wildman–Crippen MR) is 112 cm³/mol. The van der Waals surface area contributed by atoms with Crippen molar-refractivity contribution in [2.45, 2.75) is 46.6 Å². The Hall–Kier alpha value is -2.44. The van der Waals surface area contributed by atoms with Gasteiger partial charge in [0.2, 0.25) is 0 Å². The fourth-order valence-corrected chi connectivity index (χ4v) is 3.27. The predicted octanol–water partition coefficient (Wildman–Crippen LogP) is 2.86. The molecule has 0 aliphatic carbocycles. The van der Waals surface area contributed by atoms with Crippen molar-refractivity contribution in [3.05, 3.63) is 29.3 Å². The summed E-state index contributed by atoms with van der Waals surface area (Å²) in [6.45, 7) is 11.7. The van der Waals surface area contributed by atoms with Crippen molar-refractivity contribution < 1.29 is 14.3 Å². The second-order valence-electron chi connectivity index (χ2n) is 6.93. The third-order valence-electron chi connectivity index (χ3n) is 4.72. The number of nitrogens with zero attached hydrogens (tertiary/aromatic N) is 2. The van der Waals surface area contributed by atoms with Crippen molar-refractivity contribution in [1.29, 1.82) is 0 Å². The van der Waals surface area contributed by atoms with E-state index < -0.39 is 0 Å². The molecule has 7 nitrogen and oxygen atoms in total. The maximum Gasteiger partial charge on any atom is 0.409 e. The van der Waals surface area contributed by atoms with Crippen molar-refractivity contribution in [3.63, 3.8) is 0 Å². The molecule has 0 radical (unpaired) electrons. The molecule has 28 heavy (non-hydrogen) atoms. The summed E-state index contributed by atoms with van der Waals surface area (Å²) in [6.07, 6.45) is 1.54. The molecule has 0 atom stereocenters. The zero-order valence-corrected chi connectivity index (χ0v) is 17.6. The number of carbonyl (C=O) groups is 1. The summed E-state index contributed by atoms with van der Waals surface area (Å²) in [6, 6.07) is 6.44. The van der Waals surface area contributed by atoms with Crippen molar-refractivity contribution >= 4 is 12.1 Å². The van der Waals surface area contributed by atoms with Crippen LogP contribution in [0.3, 0.4) is 0 Å². The van der Waals surface area contributed by atoms with Crippen LogP contribution in [0.1, 0.15) is 37.8 Å². The molecular formula is C21H34N4O3. The number of likely N-dealkylation sites (tertiary alicyclic amines) is 1. The average molecular weight is 391 g/mol. The van der Waals surface area contributed by atoms with Crippen LogP contribution < -0.4 is 15.4 Å². The number of amides is 1. The second kappa shape index (κ2) is 11.4. The summed E-state index contributed by atoms with van der Waals surface area (Å²) in [7, 11) is 0. The summed E-state index contributed by atoms with van der Waals surface area (Å²) in [4.78, 5) is 18.2. The summed E-state index contributed by atoms with van der Waals surface area (Å²) >= 11 is 0. The van der Waals surface area contributed by atoms with Gasteiger partial charge in [-0.05, 0) is 51.7 Å². The van der Waals surface area contributed by atoms with E-state index in [1.807, 2.05) is 19.9 Å². The number of rotatable bonds is 7. The standard InChI is InChI=1S/C21H34N4O3/c1-5-22-20(23-12-15-28-19-16(3)8-7-9-17(19)4)24-18-10-13-25(14-11-18)21(26)27-6-2/h7-9,18H,5-6,10-15H2,1-4H3,(H2,22,23,24). The van der Waals surface area contributed by atoms with Gasteiger partial charge in [-0.25, -0.2) is 9.79 Å². The number of guanidine groups is 1. The van der Waals surface area contributed by atoms with E-state index >= 15 is 0 Å². The summed E-state index contributed by atoms with van der Waals surface area (Å²) < 4.78 is 11.0. The Morgan fingerprint density at radius 3 is 2.50 bits per heavy atom. The van der Waals surface area contributed by atoms with E-state index in [1.54, 1.807) is 4.90 Å². The van der Waals surface area contributed by atoms with Gasteiger partial charge in [0.25, 0.3) is 0 Å². The molecule has 2 rings (SSSR count).